The van der Waals surface area contributed by atoms with E-state index in [0.29, 0.717) is 17.8 Å². The smallest absolute Gasteiger partial charge is 0.157 e. The van der Waals surface area contributed by atoms with Crippen molar-refractivity contribution in [1.29, 1.82) is 0 Å². The molecule has 1 fully saturated rings. The molecule has 1 aliphatic rings. The highest BCUT2D eigenvalue weighted by molar-refractivity contribution is 5.46. The lowest BCUT2D eigenvalue weighted by Gasteiger charge is -2.34. The van der Waals surface area contributed by atoms with Crippen LogP contribution < -0.4 is 5.73 Å². The Balaban J connectivity index is 1.89. The topological polar surface area (TPSA) is 59.5 Å². The van der Waals surface area contributed by atoms with Gasteiger partial charge in [0.25, 0.3) is 0 Å². The van der Waals surface area contributed by atoms with Crippen LogP contribution in [0.3, 0.4) is 0 Å². The summed E-state index contributed by atoms with van der Waals surface area (Å²) in [6.07, 6.45) is 2.38. The quantitative estimate of drug-likeness (QED) is 0.895. The predicted octanol–water partition coefficient (Wildman–Crippen LogP) is 1.90. The minimum absolute atomic E-state index is 0.426. The predicted molar refractivity (Wildman–Crippen MR) is 76.1 cm³/mol. The van der Waals surface area contributed by atoms with Gasteiger partial charge in [-0.1, -0.05) is 6.07 Å². The minimum atomic E-state index is 0.426. The molecule has 0 aliphatic carbocycles. The van der Waals surface area contributed by atoms with E-state index in [0.717, 1.165) is 18.0 Å². The molecule has 1 unspecified atom stereocenters. The van der Waals surface area contributed by atoms with E-state index in [4.69, 9.17) is 5.73 Å². The molecule has 5 heteroatoms. The van der Waals surface area contributed by atoms with Gasteiger partial charge in [0.1, 0.15) is 5.82 Å². The SMILES string of the molecule is CC(C)N1CCCC(c2nc3cccc(N)n3n2)C1. The van der Waals surface area contributed by atoms with E-state index in [2.05, 4.69) is 28.8 Å². The van der Waals surface area contributed by atoms with Crippen LogP contribution in [-0.4, -0.2) is 38.6 Å². The Morgan fingerprint density at radius 2 is 2.21 bits per heavy atom. The summed E-state index contributed by atoms with van der Waals surface area (Å²) >= 11 is 0. The normalized spacial score (nSPS) is 21.3. The van der Waals surface area contributed by atoms with Crippen LogP contribution in [0.4, 0.5) is 5.82 Å². The molecule has 2 N–H and O–H groups in total. The Kier molecular flexibility index (Phi) is 3.14. The van der Waals surface area contributed by atoms with Crippen LogP contribution in [0.2, 0.25) is 0 Å². The van der Waals surface area contributed by atoms with Crippen molar-refractivity contribution in [3.8, 4) is 0 Å². The molecule has 2 aromatic heterocycles. The van der Waals surface area contributed by atoms with Gasteiger partial charge in [0.2, 0.25) is 0 Å². The second-order valence-electron chi connectivity index (χ2n) is 5.62. The molecule has 0 spiro atoms. The lowest BCUT2D eigenvalue weighted by Crippen LogP contribution is -2.39. The zero-order chi connectivity index (χ0) is 13.4. The van der Waals surface area contributed by atoms with Crippen LogP contribution in [0.15, 0.2) is 18.2 Å². The van der Waals surface area contributed by atoms with Crippen LogP contribution in [-0.2, 0) is 0 Å². The number of rotatable bonds is 2. The summed E-state index contributed by atoms with van der Waals surface area (Å²) < 4.78 is 1.74. The maximum absolute atomic E-state index is 5.92. The van der Waals surface area contributed by atoms with Gasteiger partial charge in [-0.3, -0.25) is 0 Å². The average molecular weight is 259 g/mol. The highest BCUT2D eigenvalue weighted by Crippen LogP contribution is 2.26. The Labute approximate surface area is 113 Å². The molecule has 1 atom stereocenters. The van der Waals surface area contributed by atoms with Crippen molar-refractivity contribution in [2.75, 3.05) is 18.8 Å². The zero-order valence-electron chi connectivity index (χ0n) is 11.6. The van der Waals surface area contributed by atoms with Gasteiger partial charge in [0.15, 0.2) is 11.5 Å². The molecule has 0 amide bonds. The van der Waals surface area contributed by atoms with Crippen molar-refractivity contribution >= 4 is 11.5 Å². The van der Waals surface area contributed by atoms with Crippen molar-refractivity contribution in [3.05, 3.63) is 24.0 Å². The summed E-state index contributed by atoms with van der Waals surface area (Å²) in [6.45, 7) is 6.73. The lowest BCUT2D eigenvalue weighted by molar-refractivity contribution is 0.165. The first-order valence-electron chi connectivity index (χ1n) is 7.00. The first kappa shape index (κ1) is 12.4. The Bertz CT molecular complexity index is 574. The molecule has 0 saturated carbocycles. The zero-order valence-corrected chi connectivity index (χ0v) is 11.6. The summed E-state index contributed by atoms with van der Waals surface area (Å²) in [7, 11) is 0. The number of anilines is 1. The molecule has 3 heterocycles. The van der Waals surface area contributed by atoms with Gasteiger partial charge in [-0.25, -0.2) is 4.98 Å². The minimum Gasteiger partial charge on any atom is -0.384 e. The number of hydrogen-bond donors (Lipinski definition) is 1. The van der Waals surface area contributed by atoms with Gasteiger partial charge < -0.3 is 10.6 Å². The number of fused-ring (bicyclic) bond motifs is 1. The summed E-state index contributed by atoms with van der Waals surface area (Å²) in [5.74, 6) is 2.01. The number of nitrogens with two attached hydrogens (primary N) is 1. The molecule has 5 nitrogen and oxygen atoms in total. The van der Waals surface area contributed by atoms with Crippen molar-refractivity contribution < 1.29 is 0 Å². The third-order valence-electron chi connectivity index (χ3n) is 3.95. The van der Waals surface area contributed by atoms with Crippen molar-refractivity contribution in [2.45, 2.75) is 38.6 Å². The first-order valence-corrected chi connectivity index (χ1v) is 7.00. The molecule has 2 aromatic rings. The second kappa shape index (κ2) is 4.81. The third-order valence-corrected chi connectivity index (χ3v) is 3.95. The monoisotopic (exact) mass is 259 g/mol. The van der Waals surface area contributed by atoms with Gasteiger partial charge in [0, 0.05) is 18.5 Å². The Hall–Kier alpha value is -1.62. The van der Waals surface area contributed by atoms with Gasteiger partial charge in [-0.2, -0.15) is 4.52 Å². The molecule has 102 valence electrons. The number of piperidine rings is 1. The molecule has 0 bridgehead atoms. The molecular weight excluding hydrogens is 238 g/mol. The van der Waals surface area contributed by atoms with Crippen LogP contribution in [0.1, 0.15) is 38.4 Å². The molecule has 1 saturated heterocycles. The molecular formula is C14H21N5. The molecule has 19 heavy (non-hydrogen) atoms. The first-order chi connectivity index (χ1) is 9.15. The maximum atomic E-state index is 5.92. The van der Waals surface area contributed by atoms with Crippen LogP contribution in [0.5, 0.6) is 0 Å². The van der Waals surface area contributed by atoms with Crippen LogP contribution >= 0.6 is 0 Å². The fraction of sp³-hybridized carbons (Fsp3) is 0.571. The van der Waals surface area contributed by atoms with Gasteiger partial charge in [0.05, 0.1) is 0 Å². The fourth-order valence-corrected chi connectivity index (χ4v) is 2.80. The van der Waals surface area contributed by atoms with E-state index in [1.54, 1.807) is 4.52 Å². The average Bonchev–Trinajstić information content (AvgIpc) is 2.84. The number of nitrogen functional groups attached to an aromatic ring is 1. The molecule has 3 rings (SSSR count). The number of likely N-dealkylation sites (tertiary alicyclic amines) is 1. The number of aromatic nitrogens is 3. The van der Waals surface area contributed by atoms with E-state index >= 15 is 0 Å². The number of nitrogens with zero attached hydrogens (tertiary/aromatic N) is 4. The van der Waals surface area contributed by atoms with E-state index in [1.165, 1.54) is 19.4 Å². The van der Waals surface area contributed by atoms with Crippen LogP contribution in [0.25, 0.3) is 5.65 Å². The summed E-state index contributed by atoms with van der Waals surface area (Å²) in [5.41, 5.74) is 6.77. The lowest BCUT2D eigenvalue weighted by atomic mass is 9.96. The van der Waals surface area contributed by atoms with Crippen molar-refractivity contribution in [1.82, 2.24) is 19.5 Å². The van der Waals surface area contributed by atoms with Gasteiger partial charge in [-0.15, -0.1) is 5.10 Å². The highest BCUT2D eigenvalue weighted by Gasteiger charge is 2.26. The molecule has 1 aliphatic heterocycles. The van der Waals surface area contributed by atoms with Gasteiger partial charge >= 0.3 is 0 Å². The molecule has 0 aromatic carbocycles. The maximum Gasteiger partial charge on any atom is 0.157 e. The summed E-state index contributed by atoms with van der Waals surface area (Å²) in [4.78, 5) is 7.14. The van der Waals surface area contributed by atoms with Gasteiger partial charge in [-0.05, 0) is 45.4 Å². The van der Waals surface area contributed by atoms with E-state index < -0.39 is 0 Å². The number of pyridine rings is 1. The highest BCUT2D eigenvalue weighted by atomic mass is 15.3. The third kappa shape index (κ3) is 2.30. The largest absolute Gasteiger partial charge is 0.384 e. The van der Waals surface area contributed by atoms with E-state index in [9.17, 15) is 0 Å². The van der Waals surface area contributed by atoms with E-state index in [1.807, 2.05) is 18.2 Å². The summed E-state index contributed by atoms with van der Waals surface area (Å²) in [6, 6.07) is 6.32. The Morgan fingerprint density at radius 1 is 1.37 bits per heavy atom. The molecule has 0 radical (unpaired) electrons. The van der Waals surface area contributed by atoms with Crippen LogP contribution in [0, 0.1) is 0 Å². The van der Waals surface area contributed by atoms with Crippen molar-refractivity contribution in [2.24, 2.45) is 0 Å². The van der Waals surface area contributed by atoms with Crippen molar-refractivity contribution in [3.63, 3.8) is 0 Å². The fourth-order valence-electron chi connectivity index (χ4n) is 2.80. The second-order valence-corrected chi connectivity index (χ2v) is 5.62. The summed E-state index contributed by atoms with van der Waals surface area (Å²) in [5, 5.41) is 4.58. The Morgan fingerprint density at radius 3 is 2.95 bits per heavy atom. The number of hydrogen-bond acceptors (Lipinski definition) is 4. The standard InChI is InChI=1S/C14H21N5/c1-10(2)18-8-4-5-11(9-18)14-16-13-7-3-6-12(15)19(13)17-14/h3,6-7,10-11H,4-5,8-9,15H2,1-2H3. The van der Waals surface area contributed by atoms with E-state index in [-0.39, 0.29) is 0 Å².